The number of unbranched alkanes of at least 4 members (excludes halogenated alkanes) is 56. The molecule has 0 bridgehead atoms. The van der Waals surface area contributed by atoms with Crippen molar-refractivity contribution in [1.82, 2.24) is 0 Å². The van der Waals surface area contributed by atoms with Gasteiger partial charge in [-0.2, -0.15) is 0 Å². The minimum Gasteiger partial charge on any atom is -0.462 e. The van der Waals surface area contributed by atoms with E-state index in [0.29, 0.717) is 19.3 Å². The summed E-state index contributed by atoms with van der Waals surface area (Å²) in [6, 6.07) is 0. The Morgan fingerprint density at radius 1 is 0.229 bits per heavy atom. The number of hydrogen-bond acceptors (Lipinski definition) is 6. The van der Waals surface area contributed by atoms with E-state index in [4.69, 9.17) is 14.2 Å². The zero-order valence-corrected chi connectivity index (χ0v) is 56.5. The van der Waals surface area contributed by atoms with Gasteiger partial charge in [-0.05, 0) is 70.6 Å². The summed E-state index contributed by atoms with van der Waals surface area (Å²) in [5, 5.41) is 0. The number of hydrogen-bond donors (Lipinski definition) is 0. The molecule has 0 aromatic heterocycles. The second-order valence-electron chi connectivity index (χ2n) is 25.9. The minimum absolute atomic E-state index is 0.0661. The summed E-state index contributed by atoms with van der Waals surface area (Å²) in [6.07, 6.45) is 89.5. The Kier molecular flexibility index (Phi) is 70.5. The Morgan fingerprint density at radius 3 is 0.602 bits per heavy atom. The van der Waals surface area contributed by atoms with Gasteiger partial charge in [0.15, 0.2) is 6.10 Å². The fraction of sp³-hybridized carbons (Fsp3) is 0.909. The van der Waals surface area contributed by atoms with Crippen molar-refractivity contribution in [2.75, 3.05) is 13.2 Å². The zero-order chi connectivity index (χ0) is 59.9. The van der Waals surface area contributed by atoms with Gasteiger partial charge >= 0.3 is 17.9 Å². The van der Waals surface area contributed by atoms with Crippen LogP contribution in [-0.2, 0) is 28.6 Å². The standard InChI is InChI=1S/C77H146O6/c1-4-7-10-13-16-19-22-25-28-30-31-32-33-34-35-36-37-38-39-40-41-42-43-44-45-47-49-52-55-58-61-64-67-70-76(79)82-73-74(72-81-75(78)69-66-63-60-57-54-51-48-27-24-21-18-15-12-9-6-3)83-77(80)71-68-65-62-59-56-53-50-46-29-26-23-20-17-14-11-8-5-2/h26,29-31,74H,4-25,27-28,32-73H2,1-3H3/b29-26-,31-30-. The van der Waals surface area contributed by atoms with Crippen molar-refractivity contribution < 1.29 is 28.6 Å². The van der Waals surface area contributed by atoms with Crippen LogP contribution in [0.1, 0.15) is 432 Å². The van der Waals surface area contributed by atoms with Crippen LogP contribution in [0.3, 0.4) is 0 Å². The number of allylic oxidation sites excluding steroid dienone is 4. The SMILES string of the molecule is CCCCCCCC/C=C\CCCCCCCCCC(=O)OC(COC(=O)CCCCCCCCCCCCCCCCC)COC(=O)CCCCCCCCCCCCCCCCCCCCCCC/C=C\CCCCCCCCCC. The smallest absolute Gasteiger partial charge is 0.306 e. The van der Waals surface area contributed by atoms with E-state index in [2.05, 4.69) is 45.1 Å². The van der Waals surface area contributed by atoms with Crippen molar-refractivity contribution in [1.29, 1.82) is 0 Å². The van der Waals surface area contributed by atoms with E-state index >= 15 is 0 Å². The van der Waals surface area contributed by atoms with Crippen molar-refractivity contribution >= 4 is 17.9 Å². The van der Waals surface area contributed by atoms with Crippen molar-refractivity contribution in [2.45, 2.75) is 438 Å². The summed E-state index contributed by atoms with van der Waals surface area (Å²) in [7, 11) is 0. The van der Waals surface area contributed by atoms with Crippen molar-refractivity contribution in [2.24, 2.45) is 0 Å². The highest BCUT2D eigenvalue weighted by atomic mass is 16.6. The highest BCUT2D eigenvalue weighted by Gasteiger charge is 2.20. The van der Waals surface area contributed by atoms with Crippen LogP contribution in [0.2, 0.25) is 0 Å². The molecule has 1 unspecified atom stereocenters. The van der Waals surface area contributed by atoms with Crippen LogP contribution in [0.15, 0.2) is 24.3 Å². The molecule has 0 aliphatic carbocycles. The Labute approximate surface area is 519 Å². The van der Waals surface area contributed by atoms with E-state index in [1.165, 1.54) is 334 Å². The summed E-state index contributed by atoms with van der Waals surface area (Å²) >= 11 is 0. The minimum atomic E-state index is -0.770. The van der Waals surface area contributed by atoms with Crippen LogP contribution >= 0.6 is 0 Å². The molecule has 0 saturated carbocycles. The van der Waals surface area contributed by atoms with Gasteiger partial charge in [-0.15, -0.1) is 0 Å². The molecular formula is C77H146O6. The van der Waals surface area contributed by atoms with E-state index in [9.17, 15) is 14.4 Å². The van der Waals surface area contributed by atoms with Gasteiger partial charge in [0.05, 0.1) is 0 Å². The molecule has 0 radical (unpaired) electrons. The van der Waals surface area contributed by atoms with Gasteiger partial charge in [-0.25, -0.2) is 0 Å². The molecule has 0 spiro atoms. The second kappa shape index (κ2) is 72.4. The molecule has 0 aliphatic rings. The van der Waals surface area contributed by atoms with Gasteiger partial charge < -0.3 is 14.2 Å². The number of rotatable bonds is 71. The molecular weight excluding hydrogens is 1020 g/mol. The fourth-order valence-electron chi connectivity index (χ4n) is 11.7. The molecule has 1 atom stereocenters. The highest BCUT2D eigenvalue weighted by molar-refractivity contribution is 5.71. The first-order valence-corrected chi connectivity index (χ1v) is 37.8. The van der Waals surface area contributed by atoms with Crippen LogP contribution < -0.4 is 0 Å². The summed E-state index contributed by atoms with van der Waals surface area (Å²) in [5.74, 6) is -0.835. The highest BCUT2D eigenvalue weighted by Crippen LogP contribution is 2.19. The van der Waals surface area contributed by atoms with Gasteiger partial charge in [-0.1, -0.05) is 366 Å². The molecule has 490 valence electrons. The van der Waals surface area contributed by atoms with Gasteiger partial charge in [0.1, 0.15) is 13.2 Å². The summed E-state index contributed by atoms with van der Waals surface area (Å²) < 4.78 is 17.0. The average Bonchev–Trinajstić information content (AvgIpc) is 3.49. The molecule has 0 aromatic rings. The molecule has 0 rings (SSSR count). The molecule has 0 aliphatic heterocycles. The van der Waals surface area contributed by atoms with Crippen LogP contribution in [0.25, 0.3) is 0 Å². The Hall–Kier alpha value is -2.11. The van der Waals surface area contributed by atoms with Gasteiger partial charge in [-0.3, -0.25) is 14.4 Å². The molecule has 0 N–H and O–H groups in total. The van der Waals surface area contributed by atoms with E-state index in [1.54, 1.807) is 0 Å². The molecule has 0 amide bonds. The lowest BCUT2D eigenvalue weighted by atomic mass is 10.0. The maximum absolute atomic E-state index is 12.9. The quantitative estimate of drug-likeness (QED) is 0.0261. The first kappa shape index (κ1) is 80.9. The number of esters is 3. The second-order valence-corrected chi connectivity index (χ2v) is 25.9. The van der Waals surface area contributed by atoms with Crippen LogP contribution in [-0.4, -0.2) is 37.2 Å². The van der Waals surface area contributed by atoms with Crippen LogP contribution in [0.5, 0.6) is 0 Å². The number of carbonyl (C=O) groups excluding carboxylic acids is 3. The summed E-state index contributed by atoms with van der Waals surface area (Å²) in [5.41, 5.74) is 0. The lowest BCUT2D eigenvalue weighted by molar-refractivity contribution is -0.167. The molecule has 6 nitrogen and oxygen atoms in total. The third-order valence-electron chi connectivity index (χ3n) is 17.4. The Morgan fingerprint density at radius 2 is 0.398 bits per heavy atom. The maximum Gasteiger partial charge on any atom is 0.306 e. The molecule has 0 heterocycles. The largest absolute Gasteiger partial charge is 0.462 e. The van der Waals surface area contributed by atoms with Gasteiger partial charge in [0, 0.05) is 19.3 Å². The molecule has 0 aromatic carbocycles. The number of ether oxygens (including phenoxy) is 3. The predicted molar refractivity (Wildman–Crippen MR) is 363 cm³/mol. The van der Waals surface area contributed by atoms with Gasteiger partial charge in [0.2, 0.25) is 0 Å². The van der Waals surface area contributed by atoms with Crippen molar-refractivity contribution in [3.05, 3.63) is 24.3 Å². The first-order chi connectivity index (χ1) is 41.0. The average molecular weight is 1170 g/mol. The van der Waals surface area contributed by atoms with E-state index in [1.807, 2.05) is 0 Å². The molecule has 0 saturated heterocycles. The Bertz CT molecular complexity index is 1340. The zero-order valence-electron chi connectivity index (χ0n) is 56.5. The topological polar surface area (TPSA) is 78.9 Å². The fourth-order valence-corrected chi connectivity index (χ4v) is 11.7. The predicted octanol–water partition coefficient (Wildman–Crippen LogP) is 26.1. The normalized spacial score (nSPS) is 12.1. The molecule has 0 fully saturated rings. The van der Waals surface area contributed by atoms with Crippen LogP contribution in [0.4, 0.5) is 0 Å². The lowest BCUT2D eigenvalue weighted by Gasteiger charge is -2.18. The first-order valence-electron chi connectivity index (χ1n) is 37.8. The molecule has 83 heavy (non-hydrogen) atoms. The van der Waals surface area contributed by atoms with E-state index < -0.39 is 6.10 Å². The lowest BCUT2D eigenvalue weighted by Crippen LogP contribution is -2.30. The monoisotopic (exact) mass is 1170 g/mol. The summed E-state index contributed by atoms with van der Waals surface area (Å²) in [4.78, 5) is 38.5. The Balaban J connectivity index is 4.12. The maximum atomic E-state index is 12.9. The third kappa shape index (κ3) is 70.5. The van der Waals surface area contributed by atoms with E-state index in [0.717, 1.165) is 57.8 Å². The van der Waals surface area contributed by atoms with Crippen molar-refractivity contribution in [3.8, 4) is 0 Å². The third-order valence-corrected chi connectivity index (χ3v) is 17.4. The van der Waals surface area contributed by atoms with E-state index in [-0.39, 0.29) is 31.1 Å². The summed E-state index contributed by atoms with van der Waals surface area (Å²) in [6.45, 7) is 6.72. The molecule has 6 heteroatoms. The van der Waals surface area contributed by atoms with Crippen molar-refractivity contribution in [3.63, 3.8) is 0 Å². The van der Waals surface area contributed by atoms with Crippen LogP contribution in [0, 0.1) is 0 Å². The number of carbonyl (C=O) groups is 3. The van der Waals surface area contributed by atoms with Gasteiger partial charge in [0.25, 0.3) is 0 Å².